The van der Waals surface area contributed by atoms with E-state index in [9.17, 15) is 9.90 Å². The van der Waals surface area contributed by atoms with E-state index in [1.807, 2.05) is 24.3 Å². The molecule has 0 aliphatic carbocycles. The van der Waals surface area contributed by atoms with Crippen molar-refractivity contribution in [3.8, 4) is 23.0 Å². The summed E-state index contributed by atoms with van der Waals surface area (Å²) in [5.74, 6) is 1.81. The lowest BCUT2D eigenvalue weighted by molar-refractivity contribution is -0.138. The predicted molar refractivity (Wildman–Crippen MR) is 105 cm³/mol. The molecule has 7 nitrogen and oxygen atoms in total. The van der Waals surface area contributed by atoms with Crippen molar-refractivity contribution in [2.75, 3.05) is 27.6 Å². The zero-order valence-corrected chi connectivity index (χ0v) is 16.2. The Balaban J connectivity index is 1.72. The van der Waals surface area contributed by atoms with Crippen LogP contribution in [0, 0.1) is 0 Å². The van der Waals surface area contributed by atoms with E-state index >= 15 is 0 Å². The van der Waals surface area contributed by atoms with Crippen molar-refractivity contribution in [1.29, 1.82) is 0 Å². The van der Waals surface area contributed by atoms with Gasteiger partial charge in [0.25, 0.3) is 0 Å². The normalized spacial score (nSPS) is 18.3. The van der Waals surface area contributed by atoms with Gasteiger partial charge in [0.2, 0.25) is 6.79 Å². The van der Waals surface area contributed by atoms with E-state index in [1.165, 1.54) is 5.56 Å². The highest BCUT2D eigenvalue weighted by molar-refractivity contribution is 5.88. The Morgan fingerprint density at radius 3 is 2.72 bits per heavy atom. The summed E-state index contributed by atoms with van der Waals surface area (Å²) in [5, 5.41) is 9.64. The second-order valence-corrected chi connectivity index (χ2v) is 7.25. The van der Waals surface area contributed by atoms with Gasteiger partial charge in [0.05, 0.1) is 26.7 Å². The topological polar surface area (TPSA) is 77.5 Å². The molecule has 29 heavy (non-hydrogen) atoms. The fourth-order valence-electron chi connectivity index (χ4n) is 4.55. The van der Waals surface area contributed by atoms with Gasteiger partial charge < -0.3 is 29.0 Å². The van der Waals surface area contributed by atoms with Gasteiger partial charge in [-0.2, -0.15) is 0 Å². The summed E-state index contributed by atoms with van der Waals surface area (Å²) < 4.78 is 22.2. The lowest BCUT2D eigenvalue weighted by Crippen LogP contribution is -2.36. The molecule has 1 unspecified atom stereocenters. The van der Waals surface area contributed by atoms with Gasteiger partial charge in [-0.25, -0.2) is 0 Å². The number of methoxy groups -OCH3 is 2. The first-order valence-corrected chi connectivity index (χ1v) is 9.48. The molecule has 3 aliphatic heterocycles. The van der Waals surface area contributed by atoms with E-state index < -0.39 is 5.97 Å². The van der Waals surface area contributed by atoms with Crippen molar-refractivity contribution in [3.05, 3.63) is 46.5 Å². The lowest BCUT2D eigenvalue weighted by atomic mass is 9.85. The Kier molecular flexibility index (Phi) is 4.04. The molecule has 0 saturated carbocycles. The van der Waals surface area contributed by atoms with E-state index in [2.05, 4.69) is 11.0 Å². The molecule has 7 heteroatoms. The Morgan fingerprint density at radius 1 is 1.21 bits per heavy atom. The standard InChI is InChI=1S/C22H21NO6/c1-26-17-4-3-13-7-15-14-9-19-18(28-11-29-19)8-12(14)5-6-23(15)16(10-20(24)25)21(13)22(17)27-2/h3-4,7-9,16H,5-6,10-11H2,1-2H3,(H,24,25). The van der Waals surface area contributed by atoms with Crippen molar-refractivity contribution in [2.45, 2.75) is 18.9 Å². The zero-order chi connectivity index (χ0) is 20.1. The third-order valence-corrected chi connectivity index (χ3v) is 5.79. The number of carboxylic acid groups (broad SMARTS) is 1. The van der Waals surface area contributed by atoms with Crippen LogP contribution >= 0.6 is 0 Å². The smallest absolute Gasteiger partial charge is 0.305 e. The highest BCUT2D eigenvalue weighted by atomic mass is 16.7. The van der Waals surface area contributed by atoms with Crippen molar-refractivity contribution >= 4 is 17.7 Å². The minimum atomic E-state index is -0.858. The first kappa shape index (κ1) is 17.7. The molecule has 0 saturated heterocycles. The lowest BCUT2D eigenvalue weighted by Gasteiger charge is -2.43. The molecular weight excluding hydrogens is 374 g/mol. The van der Waals surface area contributed by atoms with E-state index in [4.69, 9.17) is 18.9 Å². The van der Waals surface area contributed by atoms with Crippen LogP contribution in [0.3, 0.4) is 0 Å². The Morgan fingerprint density at radius 2 is 2.00 bits per heavy atom. The largest absolute Gasteiger partial charge is 0.493 e. The van der Waals surface area contributed by atoms with Crippen LogP contribution < -0.4 is 18.9 Å². The zero-order valence-electron chi connectivity index (χ0n) is 16.2. The number of hydrogen-bond donors (Lipinski definition) is 1. The van der Waals surface area contributed by atoms with Crippen molar-refractivity contribution < 1.29 is 28.8 Å². The molecule has 1 atom stereocenters. The van der Waals surface area contributed by atoms with E-state index in [1.54, 1.807) is 14.2 Å². The molecule has 2 aromatic rings. The molecule has 1 N–H and O–H groups in total. The molecule has 2 aromatic carbocycles. The number of hydrogen-bond acceptors (Lipinski definition) is 6. The maximum atomic E-state index is 11.8. The third kappa shape index (κ3) is 2.68. The molecule has 3 heterocycles. The average Bonchev–Trinajstić information content (AvgIpc) is 3.18. The molecule has 0 radical (unpaired) electrons. The Bertz CT molecular complexity index is 1040. The summed E-state index contributed by atoms with van der Waals surface area (Å²) in [7, 11) is 3.17. The van der Waals surface area contributed by atoms with Gasteiger partial charge in [0.1, 0.15) is 0 Å². The maximum Gasteiger partial charge on any atom is 0.305 e. The van der Waals surface area contributed by atoms with Gasteiger partial charge in [0.15, 0.2) is 23.0 Å². The molecular formula is C22H21NO6. The minimum absolute atomic E-state index is 0.0340. The second kappa shape index (κ2) is 6.62. The molecule has 3 aliphatic rings. The van der Waals surface area contributed by atoms with Gasteiger partial charge >= 0.3 is 5.97 Å². The summed E-state index contributed by atoms with van der Waals surface area (Å²) >= 11 is 0. The molecule has 0 bridgehead atoms. The van der Waals surface area contributed by atoms with Crippen LogP contribution in [0.2, 0.25) is 0 Å². The second-order valence-electron chi connectivity index (χ2n) is 7.25. The summed E-state index contributed by atoms with van der Waals surface area (Å²) in [6, 6.07) is 7.49. The summed E-state index contributed by atoms with van der Waals surface area (Å²) in [6.07, 6.45) is 2.85. The van der Waals surface area contributed by atoms with Crippen LogP contribution in [0.1, 0.15) is 34.7 Å². The number of carboxylic acids is 1. The number of aliphatic carboxylic acids is 1. The quantitative estimate of drug-likeness (QED) is 0.851. The summed E-state index contributed by atoms with van der Waals surface area (Å²) in [6.45, 7) is 0.929. The van der Waals surface area contributed by atoms with Gasteiger partial charge in [-0.1, -0.05) is 6.07 Å². The van der Waals surface area contributed by atoms with Crippen LogP contribution in [-0.4, -0.2) is 43.5 Å². The molecule has 5 rings (SSSR count). The molecule has 0 fully saturated rings. The first-order valence-electron chi connectivity index (χ1n) is 9.48. The number of benzene rings is 2. The first-order chi connectivity index (χ1) is 14.1. The predicted octanol–water partition coefficient (Wildman–Crippen LogP) is 3.32. The Labute approximate surface area is 168 Å². The molecule has 0 aromatic heterocycles. The maximum absolute atomic E-state index is 11.8. The number of rotatable bonds is 4. The van der Waals surface area contributed by atoms with E-state index in [-0.39, 0.29) is 19.3 Å². The number of ether oxygens (including phenoxy) is 4. The molecule has 0 amide bonds. The van der Waals surface area contributed by atoms with Crippen molar-refractivity contribution in [2.24, 2.45) is 0 Å². The van der Waals surface area contributed by atoms with Crippen LogP contribution in [-0.2, 0) is 11.2 Å². The van der Waals surface area contributed by atoms with E-state index in [0.29, 0.717) is 18.0 Å². The van der Waals surface area contributed by atoms with Crippen LogP contribution in [0.5, 0.6) is 23.0 Å². The van der Waals surface area contributed by atoms with E-state index in [0.717, 1.165) is 40.3 Å². The van der Waals surface area contributed by atoms with Gasteiger partial charge in [-0.15, -0.1) is 0 Å². The Hall–Kier alpha value is -3.35. The van der Waals surface area contributed by atoms with Crippen LogP contribution in [0.15, 0.2) is 24.3 Å². The number of fused-ring (bicyclic) bond motifs is 5. The fourth-order valence-corrected chi connectivity index (χ4v) is 4.55. The highest BCUT2D eigenvalue weighted by Gasteiger charge is 2.37. The monoisotopic (exact) mass is 395 g/mol. The molecule has 0 spiro atoms. The SMILES string of the molecule is COc1ccc2c(c1OC)C(CC(=O)O)N1CCc3cc4c(cc3C1=C2)OCO4. The fraction of sp³-hybridized carbons (Fsp3) is 0.318. The van der Waals surface area contributed by atoms with Gasteiger partial charge in [-0.05, 0) is 41.8 Å². The van der Waals surface area contributed by atoms with Gasteiger partial charge in [0, 0.05) is 23.4 Å². The number of nitrogens with zero attached hydrogens (tertiary/aromatic N) is 1. The highest BCUT2D eigenvalue weighted by Crippen LogP contribution is 2.50. The van der Waals surface area contributed by atoms with Gasteiger partial charge in [-0.3, -0.25) is 4.79 Å². The van der Waals surface area contributed by atoms with Crippen molar-refractivity contribution in [3.63, 3.8) is 0 Å². The average molecular weight is 395 g/mol. The summed E-state index contributed by atoms with van der Waals surface area (Å²) in [4.78, 5) is 13.9. The molecule has 150 valence electrons. The van der Waals surface area contributed by atoms with Crippen molar-refractivity contribution in [1.82, 2.24) is 4.90 Å². The minimum Gasteiger partial charge on any atom is -0.493 e. The third-order valence-electron chi connectivity index (χ3n) is 5.79. The number of carbonyl (C=O) groups is 1. The van der Waals surface area contributed by atoms with Crippen LogP contribution in [0.4, 0.5) is 0 Å². The summed E-state index contributed by atoms with van der Waals surface area (Å²) in [5.41, 5.74) is 5.01. The van der Waals surface area contributed by atoms with Crippen LogP contribution in [0.25, 0.3) is 11.8 Å².